The van der Waals surface area contributed by atoms with Crippen LogP contribution in [0.15, 0.2) is 29.2 Å². The Morgan fingerprint density at radius 2 is 2.15 bits per heavy atom. The van der Waals surface area contributed by atoms with E-state index in [1.807, 2.05) is 31.2 Å². The minimum atomic E-state index is -0.891. The first-order valence-electron chi connectivity index (χ1n) is 4.50. The molecule has 3 heteroatoms. The molecule has 0 fully saturated rings. The van der Waals surface area contributed by atoms with Crippen LogP contribution in [0.25, 0.3) is 0 Å². The van der Waals surface area contributed by atoms with E-state index in [9.17, 15) is 4.21 Å². The molecular weight excluding hydrogens is 182 g/mol. The fourth-order valence-corrected chi connectivity index (χ4v) is 3.53. The number of fused-ring (bicyclic) bond motifs is 1. The van der Waals surface area contributed by atoms with Crippen LogP contribution in [0.5, 0.6) is 0 Å². The molecule has 0 saturated carbocycles. The molecule has 1 aromatic carbocycles. The van der Waals surface area contributed by atoms with Gasteiger partial charge in [0.1, 0.15) is 0 Å². The van der Waals surface area contributed by atoms with E-state index in [-0.39, 0.29) is 11.3 Å². The van der Waals surface area contributed by atoms with Crippen molar-refractivity contribution in [2.75, 3.05) is 0 Å². The van der Waals surface area contributed by atoms with Crippen molar-refractivity contribution in [2.24, 2.45) is 5.73 Å². The molecule has 1 heterocycles. The quantitative estimate of drug-likeness (QED) is 0.739. The van der Waals surface area contributed by atoms with E-state index >= 15 is 0 Å². The maximum absolute atomic E-state index is 11.9. The van der Waals surface area contributed by atoms with Crippen LogP contribution in [0.2, 0.25) is 0 Å². The zero-order chi connectivity index (χ0) is 9.42. The standard InChI is InChI=1S/C10H13NOS/c1-2-8-10(11)7-5-3-4-6-9(7)13(8)12/h3-6,8,10H,2,11H2,1H3. The second kappa shape index (κ2) is 3.24. The highest BCUT2D eigenvalue weighted by molar-refractivity contribution is 7.86. The Bertz CT molecular complexity index is 351. The molecule has 0 radical (unpaired) electrons. The molecule has 3 unspecified atom stereocenters. The monoisotopic (exact) mass is 195 g/mol. The first kappa shape index (κ1) is 8.91. The number of nitrogens with two attached hydrogens (primary N) is 1. The maximum atomic E-state index is 11.9. The summed E-state index contributed by atoms with van der Waals surface area (Å²) >= 11 is 0. The van der Waals surface area contributed by atoms with Gasteiger partial charge in [0.05, 0.1) is 16.0 Å². The van der Waals surface area contributed by atoms with Gasteiger partial charge in [0.15, 0.2) is 0 Å². The van der Waals surface area contributed by atoms with Crippen LogP contribution in [0.3, 0.4) is 0 Å². The van der Waals surface area contributed by atoms with Gasteiger partial charge in [0, 0.05) is 10.9 Å². The molecule has 0 spiro atoms. The van der Waals surface area contributed by atoms with Gasteiger partial charge in [-0.05, 0) is 18.1 Å². The van der Waals surface area contributed by atoms with Crippen molar-refractivity contribution >= 4 is 10.8 Å². The van der Waals surface area contributed by atoms with Crippen molar-refractivity contribution in [1.29, 1.82) is 0 Å². The first-order valence-corrected chi connectivity index (χ1v) is 5.72. The van der Waals surface area contributed by atoms with Gasteiger partial charge in [-0.25, -0.2) is 0 Å². The summed E-state index contributed by atoms with van der Waals surface area (Å²) in [5.41, 5.74) is 7.06. The van der Waals surface area contributed by atoms with Crippen LogP contribution in [-0.4, -0.2) is 9.46 Å². The Hall–Kier alpha value is -0.670. The van der Waals surface area contributed by atoms with Gasteiger partial charge in [-0.15, -0.1) is 0 Å². The maximum Gasteiger partial charge on any atom is 0.0585 e. The Kier molecular flexibility index (Phi) is 2.22. The summed E-state index contributed by atoms with van der Waals surface area (Å²) in [6, 6.07) is 7.73. The summed E-state index contributed by atoms with van der Waals surface area (Å²) < 4.78 is 11.9. The smallest absolute Gasteiger partial charge is 0.0585 e. The molecule has 0 saturated heterocycles. The van der Waals surface area contributed by atoms with E-state index < -0.39 is 10.8 Å². The molecule has 3 atom stereocenters. The molecule has 2 nitrogen and oxygen atoms in total. The van der Waals surface area contributed by atoms with Crippen LogP contribution in [0.4, 0.5) is 0 Å². The topological polar surface area (TPSA) is 43.1 Å². The molecule has 2 rings (SSSR count). The zero-order valence-electron chi connectivity index (χ0n) is 7.57. The highest BCUT2D eigenvalue weighted by Gasteiger charge is 2.34. The molecule has 2 N–H and O–H groups in total. The third-order valence-corrected chi connectivity index (χ3v) is 4.55. The van der Waals surface area contributed by atoms with Crippen molar-refractivity contribution in [1.82, 2.24) is 0 Å². The second-order valence-corrected chi connectivity index (χ2v) is 4.95. The van der Waals surface area contributed by atoms with Crippen molar-refractivity contribution in [2.45, 2.75) is 29.5 Å². The second-order valence-electron chi connectivity index (χ2n) is 3.31. The number of benzene rings is 1. The predicted molar refractivity (Wildman–Crippen MR) is 53.9 cm³/mol. The molecule has 0 aliphatic carbocycles. The third-order valence-electron chi connectivity index (χ3n) is 2.57. The highest BCUT2D eigenvalue weighted by atomic mass is 32.2. The summed E-state index contributed by atoms with van der Waals surface area (Å²) in [7, 11) is -0.891. The lowest BCUT2D eigenvalue weighted by Gasteiger charge is -2.10. The first-order chi connectivity index (χ1) is 6.25. The van der Waals surface area contributed by atoms with Crippen molar-refractivity contribution in [3.8, 4) is 0 Å². The van der Waals surface area contributed by atoms with Crippen LogP contribution in [0, 0.1) is 0 Å². The van der Waals surface area contributed by atoms with Crippen molar-refractivity contribution in [3.63, 3.8) is 0 Å². The number of hydrogen-bond acceptors (Lipinski definition) is 2. The van der Waals surface area contributed by atoms with E-state index in [0.29, 0.717) is 0 Å². The number of rotatable bonds is 1. The Labute approximate surface area is 80.6 Å². The highest BCUT2D eigenvalue weighted by Crippen LogP contribution is 2.35. The van der Waals surface area contributed by atoms with E-state index in [4.69, 9.17) is 5.73 Å². The summed E-state index contributed by atoms with van der Waals surface area (Å²) in [5, 5.41) is 0.109. The average Bonchev–Trinajstić information content (AvgIpc) is 2.41. The van der Waals surface area contributed by atoms with E-state index in [2.05, 4.69) is 0 Å². The Balaban J connectivity index is 2.50. The summed E-state index contributed by atoms with van der Waals surface area (Å²) in [6.45, 7) is 2.04. The summed E-state index contributed by atoms with van der Waals surface area (Å²) in [4.78, 5) is 0.932. The van der Waals surface area contributed by atoms with Crippen molar-refractivity contribution in [3.05, 3.63) is 29.8 Å². The lowest BCUT2D eigenvalue weighted by Crippen LogP contribution is -2.22. The van der Waals surface area contributed by atoms with Gasteiger partial charge >= 0.3 is 0 Å². The molecule has 1 aliphatic heterocycles. The molecule has 1 aromatic rings. The van der Waals surface area contributed by atoms with Gasteiger partial charge in [0.25, 0.3) is 0 Å². The lowest BCUT2D eigenvalue weighted by molar-refractivity contribution is 0.632. The fourth-order valence-electron chi connectivity index (χ4n) is 1.84. The molecule has 70 valence electrons. The fraction of sp³-hybridized carbons (Fsp3) is 0.400. The van der Waals surface area contributed by atoms with E-state index in [1.165, 1.54) is 0 Å². The number of hydrogen-bond donors (Lipinski definition) is 1. The molecule has 1 aliphatic rings. The van der Waals surface area contributed by atoms with Crippen LogP contribution in [0.1, 0.15) is 24.9 Å². The minimum Gasteiger partial charge on any atom is -0.323 e. The molecular formula is C10H13NOS. The average molecular weight is 195 g/mol. The largest absolute Gasteiger partial charge is 0.323 e. The SMILES string of the molecule is CCC1C(N)c2ccccc2S1=O. The van der Waals surface area contributed by atoms with E-state index in [1.54, 1.807) is 0 Å². The van der Waals surface area contributed by atoms with E-state index in [0.717, 1.165) is 16.9 Å². The van der Waals surface area contributed by atoms with Crippen molar-refractivity contribution < 1.29 is 4.21 Å². The molecule has 0 bridgehead atoms. The van der Waals surface area contributed by atoms with Gasteiger partial charge in [-0.3, -0.25) is 4.21 Å². The van der Waals surface area contributed by atoms with Gasteiger partial charge in [0.2, 0.25) is 0 Å². The third kappa shape index (κ3) is 1.23. The minimum absolute atomic E-state index is 0.0398. The van der Waals surface area contributed by atoms with Crippen LogP contribution < -0.4 is 5.73 Å². The summed E-state index contributed by atoms with van der Waals surface area (Å²) in [6.07, 6.45) is 0.877. The van der Waals surface area contributed by atoms with Gasteiger partial charge < -0.3 is 5.73 Å². The Morgan fingerprint density at radius 1 is 1.46 bits per heavy atom. The van der Waals surface area contributed by atoms with Crippen LogP contribution in [-0.2, 0) is 10.8 Å². The molecule has 0 amide bonds. The predicted octanol–water partition coefficient (Wildman–Crippen LogP) is 1.59. The normalized spacial score (nSPS) is 31.7. The lowest BCUT2D eigenvalue weighted by atomic mass is 10.0. The molecule has 13 heavy (non-hydrogen) atoms. The van der Waals surface area contributed by atoms with Crippen LogP contribution >= 0.6 is 0 Å². The molecule has 0 aromatic heterocycles. The van der Waals surface area contributed by atoms with Gasteiger partial charge in [-0.1, -0.05) is 25.1 Å². The zero-order valence-corrected chi connectivity index (χ0v) is 8.38. The van der Waals surface area contributed by atoms with Gasteiger partial charge in [-0.2, -0.15) is 0 Å². The Morgan fingerprint density at radius 3 is 2.77 bits per heavy atom. The summed E-state index contributed by atoms with van der Waals surface area (Å²) in [5.74, 6) is 0.